The van der Waals surface area contributed by atoms with E-state index in [4.69, 9.17) is 4.74 Å². The topological polar surface area (TPSA) is 22.1 Å². The van der Waals surface area contributed by atoms with Gasteiger partial charge >= 0.3 is 0 Å². The Morgan fingerprint density at radius 2 is 1.80 bits per heavy atom. The van der Waals surface area contributed by atoms with Crippen molar-refractivity contribution in [1.29, 1.82) is 0 Å². The van der Waals surface area contributed by atoms with Gasteiger partial charge in [0.05, 0.1) is 5.32 Å². The molecule has 0 spiro atoms. The molecule has 2 nitrogen and oxygen atoms in total. The lowest BCUT2D eigenvalue weighted by atomic mass is 9.96. The van der Waals surface area contributed by atoms with E-state index in [-0.39, 0.29) is 6.10 Å². The molecule has 0 amide bonds. The quantitative estimate of drug-likeness (QED) is 0.723. The van der Waals surface area contributed by atoms with Crippen molar-refractivity contribution in [2.24, 2.45) is 11.8 Å². The lowest BCUT2D eigenvalue weighted by Gasteiger charge is -2.26. The molecule has 81 valence electrons. The third-order valence-corrected chi connectivity index (χ3v) is 2.72. The van der Waals surface area contributed by atoms with Gasteiger partial charge in [-0.25, -0.2) is 0 Å². The van der Waals surface area contributed by atoms with Crippen LogP contribution in [0.2, 0.25) is 0 Å². The molecule has 0 aliphatic rings. The fraction of sp³-hybridized carbons (Fsp3) is 0.583. The molecule has 0 fully saturated rings. The predicted molar refractivity (Wildman–Crippen MR) is 63.7 cm³/mol. The summed E-state index contributed by atoms with van der Waals surface area (Å²) in [5.41, 5.74) is 0. The summed E-state index contributed by atoms with van der Waals surface area (Å²) < 4.78 is 5.96. The van der Waals surface area contributed by atoms with E-state index in [2.05, 4.69) is 42.9 Å². The van der Waals surface area contributed by atoms with Gasteiger partial charge in [0.1, 0.15) is 22.1 Å². The molecule has 0 aliphatic carbocycles. The van der Waals surface area contributed by atoms with Crippen LogP contribution in [-0.4, -0.2) is 21.3 Å². The molecule has 0 aliphatic heterocycles. The first-order valence-electron chi connectivity index (χ1n) is 5.35. The summed E-state index contributed by atoms with van der Waals surface area (Å²) in [6.07, 6.45) is 1.97. The number of pyridine rings is 1. The molecule has 3 heteroatoms. The second-order valence-electron chi connectivity index (χ2n) is 4.42. The summed E-state index contributed by atoms with van der Waals surface area (Å²) in [5, 5.41) is 0.767. The Morgan fingerprint density at radius 3 is 2.27 bits per heavy atom. The van der Waals surface area contributed by atoms with Crippen LogP contribution in [0.4, 0.5) is 0 Å². The Hall–Kier alpha value is -0.833. The van der Waals surface area contributed by atoms with E-state index in [9.17, 15) is 0 Å². The van der Waals surface area contributed by atoms with Gasteiger partial charge in [-0.2, -0.15) is 0 Å². The molecule has 0 unspecified atom stereocenters. The molecule has 0 bridgehead atoms. The van der Waals surface area contributed by atoms with Gasteiger partial charge in [0.2, 0.25) is 0 Å². The van der Waals surface area contributed by atoms with E-state index in [0.29, 0.717) is 11.8 Å². The van der Waals surface area contributed by atoms with Crippen molar-refractivity contribution >= 4 is 15.6 Å². The average molecular weight is 220 g/mol. The second-order valence-corrected chi connectivity index (χ2v) is 4.89. The number of rotatable bonds is 4. The Bertz CT molecular complexity index is 304. The van der Waals surface area contributed by atoms with Crippen LogP contribution in [-0.2, 0) is 0 Å². The number of ether oxygens (including phenoxy) is 1. The van der Waals surface area contributed by atoms with Crippen molar-refractivity contribution in [3.05, 3.63) is 18.3 Å². The summed E-state index contributed by atoms with van der Waals surface area (Å²) in [6, 6.07) is 3.82. The van der Waals surface area contributed by atoms with Crippen LogP contribution in [0.25, 0.3) is 0 Å². The van der Waals surface area contributed by atoms with Gasteiger partial charge in [0.15, 0.2) is 0 Å². The minimum Gasteiger partial charge on any atom is -0.488 e. The molecule has 0 aromatic carbocycles. The summed E-state index contributed by atoms with van der Waals surface area (Å²) in [7, 11) is 3.44. The summed E-state index contributed by atoms with van der Waals surface area (Å²) in [4.78, 5) is 4.14. The van der Waals surface area contributed by atoms with Gasteiger partial charge in [-0.1, -0.05) is 27.7 Å². The fourth-order valence-corrected chi connectivity index (χ4v) is 1.89. The Morgan fingerprint density at radius 1 is 1.20 bits per heavy atom. The zero-order chi connectivity index (χ0) is 11.4. The van der Waals surface area contributed by atoms with Crippen LogP contribution >= 0.6 is 0 Å². The van der Waals surface area contributed by atoms with Crippen molar-refractivity contribution in [2.75, 3.05) is 0 Å². The molecule has 0 atom stereocenters. The highest BCUT2D eigenvalue weighted by Crippen LogP contribution is 2.18. The van der Waals surface area contributed by atoms with E-state index >= 15 is 0 Å². The second kappa shape index (κ2) is 5.31. The zero-order valence-electron chi connectivity index (χ0n) is 9.82. The van der Waals surface area contributed by atoms with Crippen LogP contribution in [0.1, 0.15) is 27.7 Å². The number of nitrogens with zero attached hydrogens (tertiary/aromatic N) is 1. The van der Waals surface area contributed by atoms with E-state index in [1.807, 2.05) is 12.1 Å². The van der Waals surface area contributed by atoms with Gasteiger partial charge in [0.25, 0.3) is 0 Å². The highest BCUT2D eigenvalue weighted by molar-refractivity contribution is 6.32. The van der Waals surface area contributed by atoms with E-state index < -0.39 is 0 Å². The van der Waals surface area contributed by atoms with Gasteiger partial charge in [-0.05, 0) is 24.0 Å². The van der Waals surface area contributed by atoms with Gasteiger partial charge in [-0.3, -0.25) is 4.98 Å². The summed E-state index contributed by atoms with van der Waals surface area (Å²) >= 11 is 0. The lowest BCUT2D eigenvalue weighted by Crippen LogP contribution is -2.31. The van der Waals surface area contributed by atoms with Crippen LogP contribution in [0.15, 0.2) is 18.3 Å². The molecule has 0 saturated heterocycles. The van der Waals surface area contributed by atoms with E-state index in [0.717, 1.165) is 11.1 Å². The maximum absolute atomic E-state index is 5.96. The molecule has 1 aromatic heterocycles. The number of hydrogen-bond donors (Lipinski definition) is 0. The molecule has 3 radical (unpaired) electrons. The highest BCUT2D eigenvalue weighted by Gasteiger charge is 2.19. The molecule has 0 N–H and O–H groups in total. The predicted octanol–water partition coefficient (Wildman–Crippen LogP) is 1.93. The number of hydrogen-bond acceptors (Lipinski definition) is 2. The first-order valence-corrected chi connectivity index (χ1v) is 5.85. The monoisotopic (exact) mass is 220 g/mol. The fourth-order valence-electron chi connectivity index (χ4n) is 1.67. The van der Waals surface area contributed by atoms with Gasteiger partial charge < -0.3 is 4.74 Å². The van der Waals surface area contributed by atoms with Gasteiger partial charge in [0, 0.05) is 6.20 Å². The average Bonchev–Trinajstić information content (AvgIpc) is 2.15. The first kappa shape index (κ1) is 12.2. The minimum absolute atomic E-state index is 0.226. The van der Waals surface area contributed by atoms with Gasteiger partial charge in [-0.15, -0.1) is 0 Å². The molecule has 1 heterocycles. The summed E-state index contributed by atoms with van der Waals surface area (Å²) in [6.45, 7) is 8.70. The molecule has 1 rings (SSSR count). The van der Waals surface area contributed by atoms with E-state index in [1.54, 1.807) is 6.20 Å². The highest BCUT2D eigenvalue weighted by atomic mass is 28.1. The Labute approximate surface area is 95.5 Å². The minimum atomic E-state index is 0.226. The van der Waals surface area contributed by atoms with Crippen molar-refractivity contribution in [3.63, 3.8) is 0 Å². The first-order chi connectivity index (χ1) is 7.02. The SMILES string of the molecule is CC(C)C(Oc1cccnc1[Si])C(C)C. The maximum atomic E-state index is 5.96. The molecule has 15 heavy (non-hydrogen) atoms. The largest absolute Gasteiger partial charge is 0.488 e. The van der Waals surface area contributed by atoms with E-state index in [1.165, 1.54) is 0 Å². The Balaban J connectivity index is 2.79. The lowest BCUT2D eigenvalue weighted by molar-refractivity contribution is 0.106. The van der Waals surface area contributed by atoms with Crippen molar-refractivity contribution in [1.82, 2.24) is 4.98 Å². The van der Waals surface area contributed by atoms with Crippen LogP contribution in [0.5, 0.6) is 5.75 Å². The Kier molecular flexibility index (Phi) is 4.33. The van der Waals surface area contributed by atoms with Crippen molar-refractivity contribution in [3.8, 4) is 5.75 Å². The van der Waals surface area contributed by atoms with Crippen LogP contribution < -0.4 is 10.1 Å². The number of aromatic nitrogens is 1. The van der Waals surface area contributed by atoms with Crippen molar-refractivity contribution < 1.29 is 4.74 Å². The summed E-state index contributed by atoms with van der Waals surface area (Å²) in [5.74, 6) is 1.81. The smallest absolute Gasteiger partial charge is 0.135 e. The third kappa shape index (κ3) is 3.34. The molecular weight excluding hydrogens is 202 g/mol. The molecule has 1 aromatic rings. The molecular formula is C12H18NOSi. The molecule has 0 saturated carbocycles. The standard InChI is InChI=1S/C12H18NOSi/c1-8(2)11(9(3)4)14-10-6-5-7-13-12(10)15/h5-9,11H,1-4H3. The van der Waals surface area contributed by atoms with Crippen LogP contribution in [0.3, 0.4) is 0 Å². The third-order valence-electron chi connectivity index (χ3n) is 2.35. The van der Waals surface area contributed by atoms with Crippen molar-refractivity contribution in [2.45, 2.75) is 33.8 Å². The van der Waals surface area contributed by atoms with Crippen LogP contribution in [0, 0.1) is 11.8 Å². The normalized spacial score (nSPS) is 11.5. The zero-order valence-corrected chi connectivity index (χ0v) is 10.8. The maximum Gasteiger partial charge on any atom is 0.135 e.